The summed E-state index contributed by atoms with van der Waals surface area (Å²) in [5, 5.41) is 9.10. The average Bonchev–Trinajstić information content (AvgIpc) is 2.94. The molecule has 5 unspecified atom stereocenters. The minimum Gasteiger partial charge on any atom is -0.198 e. The maximum atomic E-state index is 9.10. The summed E-state index contributed by atoms with van der Waals surface area (Å²) < 4.78 is 0. The largest absolute Gasteiger partial charge is 0.198 e. The Bertz CT molecular complexity index is 487. The molecule has 0 bridgehead atoms. The highest BCUT2D eigenvalue weighted by atomic mass is 14.5. The number of hydrogen-bond acceptors (Lipinski definition) is 1. The van der Waals surface area contributed by atoms with E-state index in [1.165, 1.54) is 64.2 Å². The van der Waals surface area contributed by atoms with Gasteiger partial charge in [-0.15, -0.1) is 0 Å². The SMILES string of the molecule is CCCC1(C)C(CCC#N)CCC1C(C)C[C@H](CC)C1CCCCC1(C)C. The lowest BCUT2D eigenvalue weighted by Crippen LogP contribution is -2.37. The summed E-state index contributed by atoms with van der Waals surface area (Å²) in [6.45, 7) is 15.0. The van der Waals surface area contributed by atoms with Gasteiger partial charge in [0.15, 0.2) is 0 Å². The molecular formula is C26H47N. The van der Waals surface area contributed by atoms with Crippen molar-refractivity contribution in [3.8, 4) is 6.07 Å². The molecule has 0 aromatic heterocycles. The van der Waals surface area contributed by atoms with Crippen LogP contribution in [-0.2, 0) is 0 Å². The Labute approximate surface area is 170 Å². The van der Waals surface area contributed by atoms with Crippen molar-refractivity contribution in [2.75, 3.05) is 0 Å². The molecule has 0 N–H and O–H groups in total. The van der Waals surface area contributed by atoms with Crippen LogP contribution in [0.5, 0.6) is 0 Å². The van der Waals surface area contributed by atoms with Gasteiger partial charge in [-0.2, -0.15) is 5.26 Å². The van der Waals surface area contributed by atoms with Gasteiger partial charge >= 0.3 is 0 Å². The lowest BCUT2D eigenvalue weighted by atomic mass is 9.59. The van der Waals surface area contributed by atoms with Crippen molar-refractivity contribution in [1.29, 1.82) is 5.26 Å². The lowest BCUT2D eigenvalue weighted by molar-refractivity contribution is 0.0406. The zero-order chi connectivity index (χ0) is 20.1. The molecule has 0 aliphatic heterocycles. The predicted octanol–water partition coefficient (Wildman–Crippen LogP) is 8.39. The van der Waals surface area contributed by atoms with Crippen LogP contribution in [0.1, 0.15) is 119 Å². The molecule has 1 heteroatoms. The van der Waals surface area contributed by atoms with E-state index in [1.54, 1.807) is 0 Å². The Balaban J connectivity index is 2.10. The minimum atomic E-state index is 0.464. The summed E-state index contributed by atoms with van der Waals surface area (Å²) in [6, 6.07) is 2.41. The highest BCUT2D eigenvalue weighted by Gasteiger charge is 2.48. The van der Waals surface area contributed by atoms with Crippen LogP contribution in [0.15, 0.2) is 0 Å². The van der Waals surface area contributed by atoms with Gasteiger partial charge in [0.1, 0.15) is 0 Å². The fourth-order valence-electron chi connectivity index (χ4n) is 7.57. The van der Waals surface area contributed by atoms with E-state index < -0.39 is 0 Å². The topological polar surface area (TPSA) is 23.8 Å². The van der Waals surface area contributed by atoms with Crippen molar-refractivity contribution in [3.63, 3.8) is 0 Å². The van der Waals surface area contributed by atoms with Gasteiger partial charge in [-0.05, 0) is 85.4 Å². The van der Waals surface area contributed by atoms with Gasteiger partial charge in [0, 0.05) is 6.42 Å². The van der Waals surface area contributed by atoms with E-state index in [0.29, 0.717) is 10.8 Å². The first kappa shape index (κ1) is 22.8. The van der Waals surface area contributed by atoms with Crippen LogP contribution >= 0.6 is 0 Å². The van der Waals surface area contributed by atoms with E-state index in [0.717, 1.165) is 42.4 Å². The molecule has 6 atom stereocenters. The molecule has 0 radical (unpaired) electrons. The Hall–Kier alpha value is -0.510. The van der Waals surface area contributed by atoms with Gasteiger partial charge in [-0.3, -0.25) is 0 Å². The fraction of sp³-hybridized carbons (Fsp3) is 0.962. The third-order valence-corrected chi connectivity index (χ3v) is 9.04. The smallest absolute Gasteiger partial charge is 0.0621 e. The molecule has 27 heavy (non-hydrogen) atoms. The molecule has 0 saturated heterocycles. The highest BCUT2D eigenvalue weighted by Crippen LogP contribution is 2.57. The van der Waals surface area contributed by atoms with Crippen molar-refractivity contribution in [2.45, 2.75) is 119 Å². The first-order chi connectivity index (χ1) is 12.8. The maximum Gasteiger partial charge on any atom is 0.0621 e. The monoisotopic (exact) mass is 373 g/mol. The zero-order valence-corrected chi connectivity index (χ0v) is 19.3. The third kappa shape index (κ3) is 5.10. The molecule has 0 spiro atoms. The van der Waals surface area contributed by atoms with E-state index in [1.807, 2.05) is 0 Å². The van der Waals surface area contributed by atoms with Crippen LogP contribution in [0, 0.1) is 51.8 Å². The zero-order valence-electron chi connectivity index (χ0n) is 19.3. The van der Waals surface area contributed by atoms with Crippen molar-refractivity contribution >= 4 is 0 Å². The van der Waals surface area contributed by atoms with E-state index in [-0.39, 0.29) is 0 Å². The molecule has 0 amide bonds. The van der Waals surface area contributed by atoms with E-state index in [2.05, 4.69) is 47.6 Å². The molecule has 1 nitrogen and oxygen atoms in total. The van der Waals surface area contributed by atoms with E-state index in [9.17, 15) is 0 Å². The molecule has 156 valence electrons. The molecule has 2 fully saturated rings. The molecular weight excluding hydrogens is 326 g/mol. The van der Waals surface area contributed by atoms with Crippen LogP contribution in [-0.4, -0.2) is 0 Å². The molecule has 2 saturated carbocycles. The first-order valence-electron chi connectivity index (χ1n) is 12.2. The van der Waals surface area contributed by atoms with Crippen LogP contribution < -0.4 is 0 Å². The summed E-state index contributed by atoms with van der Waals surface area (Å²) in [6.07, 6.45) is 15.8. The van der Waals surface area contributed by atoms with Gasteiger partial charge < -0.3 is 0 Å². The third-order valence-electron chi connectivity index (χ3n) is 9.04. The standard InChI is InChI=1S/C26H47N/c1-7-16-26(6)22(12-11-18-27)14-15-23(26)20(3)19-21(8-2)24-13-9-10-17-25(24,4)5/h20-24H,7-17,19H2,1-6H3/t20?,21-,22?,23?,24?,26?/m0/s1. The van der Waals surface area contributed by atoms with Gasteiger partial charge in [0.2, 0.25) is 0 Å². The molecule has 2 rings (SSSR count). The van der Waals surface area contributed by atoms with Gasteiger partial charge in [-0.25, -0.2) is 0 Å². The second-order valence-corrected chi connectivity index (χ2v) is 11.1. The maximum absolute atomic E-state index is 9.10. The second-order valence-electron chi connectivity index (χ2n) is 11.1. The molecule has 2 aliphatic carbocycles. The Morgan fingerprint density at radius 3 is 2.37 bits per heavy atom. The number of hydrogen-bond donors (Lipinski definition) is 0. The van der Waals surface area contributed by atoms with E-state index in [4.69, 9.17) is 5.26 Å². The Kier molecular flexibility index (Phi) is 8.27. The number of nitrogens with zero attached hydrogens (tertiary/aromatic N) is 1. The van der Waals surface area contributed by atoms with Gasteiger partial charge in [-0.1, -0.05) is 67.2 Å². The van der Waals surface area contributed by atoms with Crippen molar-refractivity contribution in [1.82, 2.24) is 0 Å². The number of rotatable bonds is 9. The van der Waals surface area contributed by atoms with Crippen LogP contribution in [0.25, 0.3) is 0 Å². The van der Waals surface area contributed by atoms with Crippen LogP contribution in [0.3, 0.4) is 0 Å². The average molecular weight is 374 g/mol. The van der Waals surface area contributed by atoms with Crippen LogP contribution in [0.4, 0.5) is 0 Å². The molecule has 2 aliphatic rings. The van der Waals surface area contributed by atoms with Crippen LogP contribution in [0.2, 0.25) is 0 Å². The summed E-state index contributed by atoms with van der Waals surface area (Å²) in [4.78, 5) is 0. The quantitative estimate of drug-likeness (QED) is 0.398. The summed E-state index contributed by atoms with van der Waals surface area (Å²) >= 11 is 0. The molecule has 0 aromatic rings. The van der Waals surface area contributed by atoms with Crippen molar-refractivity contribution in [2.24, 2.45) is 40.4 Å². The summed E-state index contributed by atoms with van der Waals surface area (Å²) in [5.41, 5.74) is 1.00. The lowest BCUT2D eigenvalue weighted by Gasteiger charge is -2.46. The molecule has 0 heterocycles. The predicted molar refractivity (Wildman–Crippen MR) is 117 cm³/mol. The van der Waals surface area contributed by atoms with E-state index >= 15 is 0 Å². The van der Waals surface area contributed by atoms with Gasteiger partial charge in [0.05, 0.1) is 6.07 Å². The fourth-order valence-corrected chi connectivity index (χ4v) is 7.57. The highest BCUT2D eigenvalue weighted by molar-refractivity contribution is 4.98. The first-order valence-corrected chi connectivity index (χ1v) is 12.2. The summed E-state index contributed by atoms with van der Waals surface area (Å²) in [5.74, 6) is 4.29. The second kappa shape index (κ2) is 9.80. The summed E-state index contributed by atoms with van der Waals surface area (Å²) in [7, 11) is 0. The van der Waals surface area contributed by atoms with Crippen molar-refractivity contribution < 1.29 is 0 Å². The Morgan fingerprint density at radius 1 is 1.04 bits per heavy atom. The molecule has 0 aromatic carbocycles. The van der Waals surface area contributed by atoms with Gasteiger partial charge in [0.25, 0.3) is 0 Å². The number of nitriles is 1. The Morgan fingerprint density at radius 2 is 1.78 bits per heavy atom. The minimum absolute atomic E-state index is 0.464. The normalized spacial score (nSPS) is 35.5. The van der Waals surface area contributed by atoms with Crippen molar-refractivity contribution in [3.05, 3.63) is 0 Å².